The number of carbonyl (C=O) groups excluding carboxylic acids is 1. The first-order valence-electron chi connectivity index (χ1n) is 6.90. The molecule has 7 heteroatoms. The van der Waals surface area contributed by atoms with E-state index in [4.69, 9.17) is 22.3 Å². The summed E-state index contributed by atoms with van der Waals surface area (Å²) in [7, 11) is 1.42. The highest BCUT2D eigenvalue weighted by atomic mass is 35.7. The molecule has 1 saturated carbocycles. The fourth-order valence-corrected chi connectivity index (χ4v) is 3.67. The van der Waals surface area contributed by atoms with Crippen LogP contribution in [0.4, 0.5) is 5.69 Å². The van der Waals surface area contributed by atoms with Gasteiger partial charge in [0.05, 0.1) is 15.6 Å². The number of amides is 1. The van der Waals surface area contributed by atoms with Gasteiger partial charge in [-0.2, -0.15) is 0 Å². The van der Waals surface area contributed by atoms with Crippen molar-refractivity contribution in [1.82, 2.24) is 0 Å². The highest BCUT2D eigenvalue weighted by molar-refractivity contribution is 8.13. The summed E-state index contributed by atoms with van der Waals surface area (Å²) < 4.78 is 22.4. The molecular formula is C14H17Cl2NO3S. The fourth-order valence-electron chi connectivity index (χ4n) is 2.60. The predicted molar refractivity (Wildman–Crippen MR) is 84.3 cm³/mol. The van der Waals surface area contributed by atoms with Gasteiger partial charge >= 0.3 is 0 Å². The number of rotatable bonds is 5. The Morgan fingerprint density at radius 1 is 1.29 bits per heavy atom. The largest absolute Gasteiger partial charge is 0.325 e. The molecule has 0 atom stereocenters. The summed E-state index contributed by atoms with van der Waals surface area (Å²) in [5.74, 6) is 0.542. The minimum atomic E-state index is -3.82. The fraction of sp³-hybridized carbons (Fsp3) is 0.500. The summed E-state index contributed by atoms with van der Waals surface area (Å²) >= 11 is 5.97. The third-order valence-corrected chi connectivity index (χ3v) is 5.41. The third-order valence-electron chi connectivity index (χ3n) is 3.75. The minimum Gasteiger partial charge on any atom is -0.325 e. The van der Waals surface area contributed by atoms with E-state index >= 15 is 0 Å². The van der Waals surface area contributed by atoms with E-state index in [1.807, 2.05) is 0 Å². The standard InChI is InChI=1S/C14H17Cl2NO3S/c15-12-9-11(21(16,19)20)6-7-13(12)17-14(18)8-5-10-3-1-2-4-10/h6-7,9-10H,1-5,8H2,(H,17,18). The molecule has 0 radical (unpaired) electrons. The average molecular weight is 350 g/mol. The highest BCUT2D eigenvalue weighted by Gasteiger charge is 2.17. The molecule has 1 fully saturated rings. The summed E-state index contributed by atoms with van der Waals surface area (Å²) in [4.78, 5) is 11.8. The van der Waals surface area contributed by atoms with E-state index in [0.29, 0.717) is 18.0 Å². The molecule has 0 spiro atoms. The van der Waals surface area contributed by atoms with E-state index < -0.39 is 9.05 Å². The van der Waals surface area contributed by atoms with Gasteiger partial charge in [-0.05, 0) is 30.5 Å². The zero-order chi connectivity index (χ0) is 15.5. The molecule has 0 saturated heterocycles. The monoisotopic (exact) mass is 349 g/mol. The second-order valence-corrected chi connectivity index (χ2v) is 8.29. The van der Waals surface area contributed by atoms with Crippen molar-refractivity contribution < 1.29 is 13.2 Å². The Balaban J connectivity index is 1.94. The molecular weight excluding hydrogens is 333 g/mol. The number of hydrogen-bond donors (Lipinski definition) is 1. The Bertz CT molecular complexity index is 625. The molecule has 0 aliphatic heterocycles. The molecule has 0 unspecified atom stereocenters. The molecule has 1 N–H and O–H groups in total. The summed E-state index contributed by atoms with van der Waals surface area (Å²) in [6.07, 6.45) is 6.26. The maximum absolute atomic E-state index is 11.9. The van der Waals surface area contributed by atoms with Gasteiger partial charge in [0.2, 0.25) is 5.91 Å². The molecule has 1 aliphatic rings. The Kier molecular flexibility index (Phi) is 5.52. The Hall–Kier alpha value is -0.780. The second kappa shape index (κ2) is 6.99. The van der Waals surface area contributed by atoms with Gasteiger partial charge in [0.15, 0.2) is 0 Å². The first kappa shape index (κ1) is 16.6. The number of carbonyl (C=O) groups is 1. The number of anilines is 1. The lowest BCUT2D eigenvalue weighted by molar-refractivity contribution is -0.116. The van der Waals surface area contributed by atoms with Gasteiger partial charge in [0.1, 0.15) is 0 Å². The van der Waals surface area contributed by atoms with Gasteiger partial charge < -0.3 is 5.32 Å². The molecule has 4 nitrogen and oxygen atoms in total. The van der Waals surface area contributed by atoms with Crippen molar-refractivity contribution >= 4 is 42.9 Å². The number of nitrogens with one attached hydrogen (secondary N) is 1. The lowest BCUT2D eigenvalue weighted by Crippen LogP contribution is -2.13. The maximum Gasteiger partial charge on any atom is 0.261 e. The van der Waals surface area contributed by atoms with Crippen molar-refractivity contribution in [3.05, 3.63) is 23.2 Å². The van der Waals surface area contributed by atoms with Crippen LogP contribution in [0.1, 0.15) is 38.5 Å². The number of benzene rings is 1. The van der Waals surface area contributed by atoms with Crippen molar-refractivity contribution in [3.63, 3.8) is 0 Å². The van der Waals surface area contributed by atoms with Crippen LogP contribution in [-0.2, 0) is 13.8 Å². The molecule has 2 rings (SSSR count). The van der Waals surface area contributed by atoms with Crippen LogP contribution < -0.4 is 5.32 Å². The van der Waals surface area contributed by atoms with Crippen LogP contribution in [0.3, 0.4) is 0 Å². The Morgan fingerprint density at radius 3 is 2.52 bits per heavy atom. The summed E-state index contributed by atoms with van der Waals surface area (Å²) in [5, 5.41) is 2.86. The van der Waals surface area contributed by atoms with E-state index in [-0.39, 0.29) is 15.8 Å². The van der Waals surface area contributed by atoms with Crippen LogP contribution in [0.25, 0.3) is 0 Å². The van der Waals surface area contributed by atoms with E-state index in [1.165, 1.54) is 43.9 Å². The molecule has 1 amide bonds. The number of hydrogen-bond acceptors (Lipinski definition) is 3. The molecule has 0 aromatic heterocycles. The topological polar surface area (TPSA) is 63.2 Å². The first-order chi connectivity index (χ1) is 9.86. The van der Waals surface area contributed by atoms with E-state index in [0.717, 1.165) is 6.42 Å². The van der Waals surface area contributed by atoms with Crippen molar-refractivity contribution in [3.8, 4) is 0 Å². The van der Waals surface area contributed by atoms with Crippen molar-refractivity contribution in [1.29, 1.82) is 0 Å². The van der Waals surface area contributed by atoms with Crippen LogP contribution >= 0.6 is 22.3 Å². The predicted octanol–water partition coefficient (Wildman–Crippen LogP) is 4.18. The summed E-state index contributed by atoms with van der Waals surface area (Å²) in [6.45, 7) is 0. The van der Waals surface area contributed by atoms with Gasteiger partial charge in [-0.15, -0.1) is 0 Å². The van der Waals surface area contributed by atoms with Crippen molar-refractivity contribution in [2.24, 2.45) is 5.92 Å². The zero-order valence-electron chi connectivity index (χ0n) is 11.4. The van der Waals surface area contributed by atoms with Crippen LogP contribution in [0.5, 0.6) is 0 Å². The quantitative estimate of drug-likeness (QED) is 0.811. The SMILES string of the molecule is O=C(CCC1CCCC1)Nc1ccc(S(=O)(=O)Cl)cc1Cl. The summed E-state index contributed by atoms with van der Waals surface area (Å²) in [6, 6.07) is 4.00. The van der Waals surface area contributed by atoms with Gasteiger partial charge in [-0.1, -0.05) is 37.3 Å². The van der Waals surface area contributed by atoms with Crippen molar-refractivity contribution in [2.75, 3.05) is 5.32 Å². The summed E-state index contributed by atoms with van der Waals surface area (Å²) in [5.41, 5.74) is 0.400. The van der Waals surface area contributed by atoms with Gasteiger partial charge in [0, 0.05) is 17.1 Å². The molecule has 1 aliphatic carbocycles. The van der Waals surface area contributed by atoms with Crippen LogP contribution in [0, 0.1) is 5.92 Å². The van der Waals surface area contributed by atoms with Gasteiger partial charge in [-0.3, -0.25) is 4.79 Å². The van der Waals surface area contributed by atoms with E-state index in [9.17, 15) is 13.2 Å². The van der Waals surface area contributed by atoms with Crippen molar-refractivity contribution in [2.45, 2.75) is 43.4 Å². The molecule has 0 heterocycles. The molecule has 1 aromatic carbocycles. The Labute approximate surface area is 134 Å². The highest BCUT2D eigenvalue weighted by Crippen LogP contribution is 2.30. The van der Waals surface area contributed by atoms with Crippen LogP contribution in [0.2, 0.25) is 5.02 Å². The molecule has 1 aromatic rings. The zero-order valence-corrected chi connectivity index (χ0v) is 13.8. The first-order valence-corrected chi connectivity index (χ1v) is 9.59. The molecule has 0 bridgehead atoms. The van der Waals surface area contributed by atoms with E-state index in [2.05, 4.69) is 5.32 Å². The van der Waals surface area contributed by atoms with E-state index in [1.54, 1.807) is 0 Å². The van der Waals surface area contributed by atoms with Crippen LogP contribution in [-0.4, -0.2) is 14.3 Å². The third kappa shape index (κ3) is 4.87. The normalized spacial score (nSPS) is 16.1. The lowest BCUT2D eigenvalue weighted by Gasteiger charge is -2.10. The maximum atomic E-state index is 11.9. The lowest BCUT2D eigenvalue weighted by atomic mass is 10.0. The molecule has 116 valence electrons. The second-order valence-electron chi connectivity index (χ2n) is 5.32. The smallest absolute Gasteiger partial charge is 0.261 e. The molecule has 21 heavy (non-hydrogen) atoms. The number of halogens is 2. The van der Waals surface area contributed by atoms with Gasteiger partial charge in [-0.25, -0.2) is 8.42 Å². The van der Waals surface area contributed by atoms with Crippen LogP contribution in [0.15, 0.2) is 23.1 Å². The van der Waals surface area contributed by atoms with Gasteiger partial charge in [0.25, 0.3) is 9.05 Å². The minimum absolute atomic E-state index is 0.0851. The average Bonchev–Trinajstić information content (AvgIpc) is 2.91. The Morgan fingerprint density at radius 2 is 1.95 bits per heavy atom.